The fourth-order valence-electron chi connectivity index (χ4n) is 1.03. The molecular weight excluding hydrogens is 250 g/mol. The average Bonchev–Trinajstić information content (AvgIpc) is 2.16. The Morgan fingerprint density at radius 2 is 2.12 bits per heavy atom. The SMILES string of the molecule is CC(O)C(C)Sc1cc(Cl)ccc1[N+](=O)[O-]. The summed E-state index contributed by atoms with van der Waals surface area (Å²) in [5, 5.41) is 20.5. The lowest BCUT2D eigenvalue weighted by molar-refractivity contribution is -0.387. The molecule has 0 heterocycles. The molecule has 1 N–H and O–H groups in total. The van der Waals surface area contributed by atoms with E-state index in [-0.39, 0.29) is 10.9 Å². The zero-order valence-electron chi connectivity index (χ0n) is 8.88. The second kappa shape index (κ2) is 5.52. The maximum Gasteiger partial charge on any atom is 0.282 e. The number of hydrogen-bond acceptors (Lipinski definition) is 4. The van der Waals surface area contributed by atoms with Gasteiger partial charge in [-0.3, -0.25) is 10.1 Å². The predicted molar refractivity (Wildman–Crippen MR) is 65.1 cm³/mol. The molecule has 0 amide bonds. The van der Waals surface area contributed by atoms with Crippen LogP contribution in [-0.4, -0.2) is 21.4 Å². The molecule has 0 bridgehead atoms. The standard InChI is InChI=1S/C10H12ClNO3S/c1-6(13)7(2)16-10-5-8(11)3-4-9(10)12(14)15/h3-7,13H,1-2H3. The summed E-state index contributed by atoms with van der Waals surface area (Å²) in [7, 11) is 0. The van der Waals surface area contributed by atoms with E-state index in [0.717, 1.165) is 0 Å². The van der Waals surface area contributed by atoms with Crippen LogP contribution in [0.5, 0.6) is 0 Å². The van der Waals surface area contributed by atoms with Crippen molar-refractivity contribution in [2.45, 2.75) is 30.1 Å². The Bertz CT molecular complexity index is 398. The number of nitro benzene ring substituents is 1. The van der Waals surface area contributed by atoms with Crippen LogP contribution in [0.1, 0.15) is 13.8 Å². The molecular formula is C10H12ClNO3S. The first-order chi connectivity index (χ1) is 7.41. The highest BCUT2D eigenvalue weighted by atomic mass is 35.5. The predicted octanol–water partition coefficient (Wildman–Crippen LogP) is 3.11. The summed E-state index contributed by atoms with van der Waals surface area (Å²) in [6.07, 6.45) is -0.538. The van der Waals surface area contributed by atoms with E-state index < -0.39 is 11.0 Å². The number of nitrogens with zero attached hydrogens (tertiary/aromatic N) is 1. The van der Waals surface area contributed by atoms with Gasteiger partial charge in [0.15, 0.2) is 0 Å². The molecule has 1 aromatic rings. The van der Waals surface area contributed by atoms with Gasteiger partial charge in [0.05, 0.1) is 15.9 Å². The number of rotatable bonds is 4. The molecule has 2 atom stereocenters. The summed E-state index contributed by atoms with van der Waals surface area (Å²) in [5.41, 5.74) is 0.0156. The van der Waals surface area contributed by atoms with E-state index >= 15 is 0 Å². The van der Waals surface area contributed by atoms with Crippen LogP contribution in [0.4, 0.5) is 5.69 Å². The molecule has 16 heavy (non-hydrogen) atoms. The molecule has 0 radical (unpaired) electrons. The lowest BCUT2D eigenvalue weighted by Gasteiger charge is -2.13. The molecule has 2 unspecified atom stereocenters. The summed E-state index contributed by atoms with van der Waals surface area (Å²) >= 11 is 7.03. The van der Waals surface area contributed by atoms with Crippen molar-refractivity contribution in [2.75, 3.05) is 0 Å². The number of thioether (sulfide) groups is 1. The van der Waals surface area contributed by atoms with E-state index in [4.69, 9.17) is 11.6 Å². The second-order valence-corrected chi connectivity index (χ2v) is 5.29. The van der Waals surface area contributed by atoms with Gasteiger partial charge in [-0.2, -0.15) is 0 Å². The van der Waals surface area contributed by atoms with Crippen LogP contribution in [-0.2, 0) is 0 Å². The Balaban J connectivity index is 3.01. The minimum Gasteiger partial charge on any atom is -0.392 e. The van der Waals surface area contributed by atoms with Gasteiger partial charge < -0.3 is 5.11 Å². The molecule has 0 aliphatic carbocycles. The van der Waals surface area contributed by atoms with Gasteiger partial charge in [-0.25, -0.2) is 0 Å². The molecule has 1 aromatic carbocycles. The van der Waals surface area contributed by atoms with Crippen LogP contribution < -0.4 is 0 Å². The first kappa shape index (κ1) is 13.3. The maximum atomic E-state index is 10.8. The van der Waals surface area contributed by atoms with Crippen LogP contribution in [0.15, 0.2) is 23.1 Å². The van der Waals surface area contributed by atoms with Gasteiger partial charge >= 0.3 is 0 Å². The largest absolute Gasteiger partial charge is 0.392 e. The Hall–Kier alpha value is -0.780. The fourth-order valence-corrected chi connectivity index (χ4v) is 2.32. The second-order valence-electron chi connectivity index (χ2n) is 3.43. The molecule has 0 saturated heterocycles. The fraction of sp³-hybridized carbons (Fsp3) is 0.400. The highest BCUT2D eigenvalue weighted by Crippen LogP contribution is 2.35. The summed E-state index contributed by atoms with van der Waals surface area (Å²) in [5.74, 6) is 0. The Kier molecular flexibility index (Phi) is 4.58. The van der Waals surface area contributed by atoms with Gasteiger partial charge in [0, 0.05) is 16.3 Å². The zero-order valence-corrected chi connectivity index (χ0v) is 10.5. The number of nitro groups is 1. The van der Waals surface area contributed by atoms with Crippen molar-refractivity contribution in [1.82, 2.24) is 0 Å². The molecule has 6 heteroatoms. The first-order valence-electron chi connectivity index (χ1n) is 4.70. The number of halogens is 1. The van der Waals surface area contributed by atoms with Crippen LogP contribution in [0.25, 0.3) is 0 Å². The molecule has 4 nitrogen and oxygen atoms in total. The highest BCUT2D eigenvalue weighted by Gasteiger charge is 2.19. The van der Waals surface area contributed by atoms with Gasteiger partial charge in [0.1, 0.15) is 0 Å². The summed E-state index contributed by atoms with van der Waals surface area (Å²) in [4.78, 5) is 10.8. The van der Waals surface area contributed by atoms with Crippen LogP contribution >= 0.6 is 23.4 Å². The molecule has 0 aromatic heterocycles. The quantitative estimate of drug-likeness (QED) is 0.514. The summed E-state index contributed by atoms with van der Waals surface area (Å²) < 4.78 is 0. The molecule has 1 rings (SSSR count). The molecule has 0 aliphatic heterocycles. The third-order valence-corrected chi connectivity index (χ3v) is 3.69. The van der Waals surface area contributed by atoms with E-state index in [2.05, 4.69) is 0 Å². The summed E-state index contributed by atoms with van der Waals surface area (Å²) in [6.45, 7) is 3.45. The van der Waals surface area contributed by atoms with Gasteiger partial charge in [-0.15, -0.1) is 11.8 Å². The minimum atomic E-state index is -0.538. The van der Waals surface area contributed by atoms with Crippen molar-refractivity contribution >= 4 is 29.1 Å². The average molecular weight is 262 g/mol. The molecule has 0 spiro atoms. The van der Waals surface area contributed by atoms with Gasteiger partial charge in [-0.1, -0.05) is 18.5 Å². The van der Waals surface area contributed by atoms with E-state index in [0.29, 0.717) is 9.92 Å². The van der Waals surface area contributed by atoms with Gasteiger partial charge in [0.25, 0.3) is 5.69 Å². The topological polar surface area (TPSA) is 63.4 Å². The van der Waals surface area contributed by atoms with Crippen LogP contribution in [0.3, 0.4) is 0 Å². The lowest BCUT2D eigenvalue weighted by Crippen LogP contribution is -2.15. The lowest BCUT2D eigenvalue weighted by atomic mass is 10.3. The molecule has 0 aliphatic rings. The van der Waals surface area contributed by atoms with Crippen molar-refractivity contribution in [1.29, 1.82) is 0 Å². The van der Waals surface area contributed by atoms with Crippen molar-refractivity contribution in [3.8, 4) is 0 Å². The first-order valence-corrected chi connectivity index (χ1v) is 5.96. The molecule has 0 fully saturated rings. The van der Waals surface area contributed by atoms with Crippen LogP contribution in [0.2, 0.25) is 5.02 Å². The van der Waals surface area contributed by atoms with Gasteiger partial charge in [0.2, 0.25) is 0 Å². The number of aliphatic hydroxyl groups excluding tert-OH is 1. The number of aliphatic hydroxyl groups is 1. The van der Waals surface area contributed by atoms with E-state index in [1.165, 1.54) is 23.9 Å². The van der Waals surface area contributed by atoms with Crippen molar-refractivity contribution < 1.29 is 10.0 Å². The van der Waals surface area contributed by atoms with Gasteiger partial charge in [-0.05, 0) is 19.1 Å². The Morgan fingerprint density at radius 1 is 1.50 bits per heavy atom. The number of benzene rings is 1. The normalized spacial score (nSPS) is 14.5. The number of hydrogen-bond donors (Lipinski definition) is 1. The highest BCUT2D eigenvalue weighted by molar-refractivity contribution is 8.00. The Labute approximate surface area is 103 Å². The minimum absolute atomic E-state index is 0.0156. The third kappa shape index (κ3) is 3.37. The summed E-state index contributed by atoms with van der Waals surface area (Å²) in [6, 6.07) is 4.40. The van der Waals surface area contributed by atoms with Crippen molar-refractivity contribution in [2.24, 2.45) is 0 Å². The van der Waals surface area contributed by atoms with E-state index in [1.807, 2.05) is 0 Å². The smallest absolute Gasteiger partial charge is 0.282 e. The monoisotopic (exact) mass is 261 g/mol. The Morgan fingerprint density at radius 3 is 2.62 bits per heavy atom. The van der Waals surface area contributed by atoms with E-state index in [1.54, 1.807) is 19.9 Å². The van der Waals surface area contributed by atoms with Crippen LogP contribution in [0, 0.1) is 10.1 Å². The van der Waals surface area contributed by atoms with Crippen molar-refractivity contribution in [3.05, 3.63) is 33.3 Å². The van der Waals surface area contributed by atoms with E-state index in [9.17, 15) is 15.2 Å². The molecule has 88 valence electrons. The van der Waals surface area contributed by atoms with Crippen molar-refractivity contribution in [3.63, 3.8) is 0 Å². The third-order valence-electron chi connectivity index (χ3n) is 2.11. The molecule has 0 saturated carbocycles. The maximum absolute atomic E-state index is 10.8. The zero-order chi connectivity index (χ0) is 12.3.